The van der Waals surface area contributed by atoms with Crippen LogP contribution in [0.2, 0.25) is 0 Å². The molecular formula is C13H20ClNO3. The Morgan fingerprint density at radius 1 is 1.06 bits per heavy atom. The Bertz CT molecular complexity index is 345. The quantitative estimate of drug-likeness (QED) is 0.913. The molecule has 0 radical (unpaired) electrons. The average Bonchev–Trinajstić information content (AvgIpc) is 2.40. The van der Waals surface area contributed by atoms with Crippen LogP contribution in [0.15, 0.2) is 18.2 Å². The highest BCUT2D eigenvalue weighted by Crippen LogP contribution is 2.38. The summed E-state index contributed by atoms with van der Waals surface area (Å²) >= 11 is 0. The van der Waals surface area contributed by atoms with Gasteiger partial charge >= 0.3 is 0 Å². The summed E-state index contributed by atoms with van der Waals surface area (Å²) in [5, 5.41) is 3.32. The van der Waals surface area contributed by atoms with E-state index in [0.29, 0.717) is 5.75 Å². The van der Waals surface area contributed by atoms with Crippen molar-refractivity contribution in [3.05, 3.63) is 18.2 Å². The van der Waals surface area contributed by atoms with Crippen LogP contribution in [-0.2, 0) is 0 Å². The summed E-state index contributed by atoms with van der Waals surface area (Å²) in [6, 6.07) is 5.67. The van der Waals surface area contributed by atoms with E-state index in [2.05, 4.69) is 5.32 Å². The first-order chi connectivity index (χ1) is 8.35. The number of ether oxygens (including phenoxy) is 3. The lowest BCUT2D eigenvalue weighted by Gasteiger charge is -2.25. The van der Waals surface area contributed by atoms with Gasteiger partial charge in [-0.1, -0.05) is 6.07 Å². The van der Waals surface area contributed by atoms with Gasteiger partial charge in [0.15, 0.2) is 11.5 Å². The number of piperidine rings is 1. The van der Waals surface area contributed by atoms with Gasteiger partial charge < -0.3 is 19.5 Å². The van der Waals surface area contributed by atoms with Gasteiger partial charge in [0.25, 0.3) is 0 Å². The zero-order valence-corrected chi connectivity index (χ0v) is 11.6. The molecule has 1 aromatic rings. The van der Waals surface area contributed by atoms with E-state index in [9.17, 15) is 0 Å². The topological polar surface area (TPSA) is 39.7 Å². The van der Waals surface area contributed by atoms with E-state index in [0.717, 1.165) is 37.4 Å². The monoisotopic (exact) mass is 273 g/mol. The highest BCUT2D eigenvalue weighted by molar-refractivity contribution is 5.85. The van der Waals surface area contributed by atoms with Crippen molar-refractivity contribution in [1.29, 1.82) is 0 Å². The number of para-hydroxylation sites is 1. The second-order valence-corrected chi connectivity index (χ2v) is 4.06. The van der Waals surface area contributed by atoms with Crippen molar-refractivity contribution in [2.75, 3.05) is 27.3 Å². The minimum Gasteiger partial charge on any atom is -0.493 e. The first-order valence-corrected chi connectivity index (χ1v) is 5.93. The molecule has 0 unspecified atom stereocenters. The molecule has 0 aromatic heterocycles. The molecule has 0 bridgehead atoms. The third-order valence-corrected chi connectivity index (χ3v) is 2.95. The summed E-state index contributed by atoms with van der Waals surface area (Å²) in [5.41, 5.74) is 0. The van der Waals surface area contributed by atoms with Gasteiger partial charge in [0.2, 0.25) is 5.75 Å². The largest absolute Gasteiger partial charge is 0.493 e. The van der Waals surface area contributed by atoms with E-state index in [1.807, 2.05) is 18.2 Å². The van der Waals surface area contributed by atoms with Gasteiger partial charge in [-0.05, 0) is 38.1 Å². The molecule has 1 aliphatic heterocycles. The molecule has 1 N–H and O–H groups in total. The summed E-state index contributed by atoms with van der Waals surface area (Å²) in [7, 11) is 3.29. The Kier molecular flexibility index (Phi) is 6.09. The average molecular weight is 274 g/mol. The van der Waals surface area contributed by atoms with E-state index < -0.39 is 0 Å². The van der Waals surface area contributed by atoms with E-state index in [4.69, 9.17) is 14.2 Å². The van der Waals surface area contributed by atoms with Crippen molar-refractivity contribution < 1.29 is 14.2 Å². The fourth-order valence-electron chi connectivity index (χ4n) is 2.01. The molecule has 0 atom stereocenters. The van der Waals surface area contributed by atoms with E-state index in [1.54, 1.807) is 14.2 Å². The highest BCUT2D eigenvalue weighted by Gasteiger charge is 2.19. The fraction of sp³-hybridized carbons (Fsp3) is 0.538. The van der Waals surface area contributed by atoms with Gasteiger partial charge in [-0.15, -0.1) is 12.4 Å². The molecule has 0 aliphatic carbocycles. The lowest BCUT2D eigenvalue weighted by molar-refractivity contribution is 0.151. The first kappa shape index (κ1) is 14.9. The van der Waals surface area contributed by atoms with Crippen LogP contribution < -0.4 is 19.5 Å². The molecule has 4 nitrogen and oxygen atoms in total. The van der Waals surface area contributed by atoms with Crippen molar-refractivity contribution in [3.8, 4) is 17.2 Å². The zero-order valence-electron chi connectivity index (χ0n) is 10.8. The number of nitrogens with one attached hydrogen (secondary N) is 1. The minimum absolute atomic E-state index is 0. The van der Waals surface area contributed by atoms with E-state index in [-0.39, 0.29) is 18.5 Å². The smallest absolute Gasteiger partial charge is 0.203 e. The maximum absolute atomic E-state index is 6.01. The van der Waals surface area contributed by atoms with Gasteiger partial charge in [-0.3, -0.25) is 0 Å². The van der Waals surface area contributed by atoms with Crippen molar-refractivity contribution in [3.63, 3.8) is 0 Å². The summed E-state index contributed by atoms with van der Waals surface area (Å²) < 4.78 is 16.6. The standard InChI is InChI=1S/C13H19NO3.ClH/c1-15-11-4-3-5-12(16-2)13(11)17-10-6-8-14-9-7-10;/h3-5,10,14H,6-9H2,1-2H3;1H. The predicted molar refractivity (Wildman–Crippen MR) is 73.3 cm³/mol. The number of halogens is 1. The Labute approximate surface area is 114 Å². The molecule has 2 rings (SSSR count). The van der Waals surface area contributed by atoms with Crippen molar-refractivity contribution >= 4 is 12.4 Å². The predicted octanol–water partition coefficient (Wildman–Crippen LogP) is 2.26. The maximum Gasteiger partial charge on any atom is 0.203 e. The molecule has 0 amide bonds. The second-order valence-electron chi connectivity index (χ2n) is 4.06. The van der Waals surface area contributed by atoms with Crippen LogP contribution in [-0.4, -0.2) is 33.4 Å². The van der Waals surface area contributed by atoms with Crippen molar-refractivity contribution in [1.82, 2.24) is 5.32 Å². The third kappa shape index (κ3) is 3.43. The van der Waals surface area contributed by atoms with Crippen LogP contribution in [0.1, 0.15) is 12.8 Å². The number of methoxy groups -OCH3 is 2. The number of rotatable bonds is 4. The van der Waals surface area contributed by atoms with Crippen LogP contribution >= 0.6 is 12.4 Å². The lowest BCUT2D eigenvalue weighted by atomic mass is 10.1. The second kappa shape index (κ2) is 7.34. The normalized spacial score (nSPS) is 15.7. The molecule has 102 valence electrons. The third-order valence-electron chi connectivity index (χ3n) is 2.95. The SMILES string of the molecule is COc1cccc(OC)c1OC1CCNCC1.Cl. The summed E-state index contributed by atoms with van der Waals surface area (Å²) in [6.45, 7) is 2.00. The van der Waals surface area contributed by atoms with Gasteiger partial charge in [-0.2, -0.15) is 0 Å². The molecule has 1 heterocycles. The molecule has 0 saturated carbocycles. The van der Waals surface area contributed by atoms with Gasteiger partial charge in [-0.25, -0.2) is 0 Å². The van der Waals surface area contributed by atoms with Crippen LogP contribution in [0.4, 0.5) is 0 Å². The van der Waals surface area contributed by atoms with Crippen molar-refractivity contribution in [2.24, 2.45) is 0 Å². The Balaban J connectivity index is 0.00000162. The van der Waals surface area contributed by atoms with Crippen LogP contribution in [0.5, 0.6) is 17.2 Å². The number of hydrogen-bond donors (Lipinski definition) is 1. The summed E-state index contributed by atoms with van der Waals surface area (Å²) in [4.78, 5) is 0. The minimum atomic E-state index is 0. The maximum atomic E-state index is 6.01. The highest BCUT2D eigenvalue weighted by atomic mass is 35.5. The number of benzene rings is 1. The molecular weight excluding hydrogens is 254 g/mol. The van der Waals surface area contributed by atoms with Crippen LogP contribution in [0.3, 0.4) is 0 Å². The molecule has 1 aromatic carbocycles. The van der Waals surface area contributed by atoms with E-state index in [1.165, 1.54) is 0 Å². The molecule has 0 spiro atoms. The molecule has 1 aliphatic rings. The number of hydrogen-bond acceptors (Lipinski definition) is 4. The zero-order chi connectivity index (χ0) is 12.1. The summed E-state index contributed by atoms with van der Waals surface area (Å²) in [5.74, 6) is 2.16. The van der Waals surface area contributed by atoms with E-state index >= 15 is 0 Å². The van der Waals surface area contributed by atoms with Gasteiger partial charge in [0, 0.05) is 0 Å². The first-order valence-electron chi connectivity index (χ1n) is 5.93. The molecule has 18 heavy (non-hydrogen) atoms. The van der Waals surface area contributed by atoms with Crippen molar-refractivity contribution in [2.45, 2.75) is 18.9 Å². The lowest BCUT2D eigenvalue weighted by Crippen LogP contribution is -2.34. The Hall–Kier alpha value is -1.13. The van der Waals surface area contributed by atoms with Crippen LogP contribution in [0, 0.1) is 0 Å². The van der Waals surface area contributed by atoms with Crippen LogP contribution in [0.25, 0.3) is 0 Å². The van der Waals surface area contributed by atoms with Gasteiger partial charge in [0.1, 0.15) is 6.10 Å². The Morgan fingerprint density at radius 3 is 2.11 bits per heavy atom. The molecule has 5 heteroatoms. The fourth-order valence-corrected chi connectivity index (χ4v) is 2.01. The van der Waals surface area contributed by atoms with Gasteiger partial charge in [0.05, 0.1) is 14.2 Å². The summed E-state index contributed by atoms with van der Waals surface area (Å²) in [6.07, 6.45) is 2.27. The molecule has 1 fully saturated rings. The molecule has 1 saturated heterocycles. The Morgan fingerprint density at radius 2 is 1.61 bits per heavy atom.